The summed E-state index contributed by atoms with van der Waals surface area (Å²) in [4.78, 5) is 28.4. The van der Waals surface area contributed by atoms with Crippen LogP contribution >= 0.6 is 23.2 Å². The monoisotopic (exact) mass is 457 g/mol. The van der Waals surface area contributed by atoms with Gasteiger partial charge in [0, 0.05) is 19.2 Å². The zero-order valence-electron chi connectivity index (χ0n) is 16.5. The van der Waals surface area contributed by atoms with Crippen LogP contribution in [0.25, 0.3) is 0 Å². The first kappa shape index (κ1) is 22.6. The maximum atomic E-state index is 12.5. The van der Waals surface area contributed by atoms with Gasteiger partial charge in [0.25, 0.3) is 5.91 Å². The predicted octanol–water partition coefficient (Wildman–Crippen LogP) is 4.47. The molecule has 3 rings (SSSR count). The normalized spacial score (nSPS) is 11.5. The van der Waals surface area contributed by atoms with Crippen molar-refractivity contribution in [3.05, 3.63) is 93.6 Å². The number of pyridine rings is 1. The summed E-state index contributed by atoms with van der Waals surface area (Å²) < 4.78 is 0. The first-order chi connectivity index (χ1) is 14.9. The number of anilines is 1. The Balaban J connectivity index is 1.58. The minimum absolute atomic E-state index is 0.0628. The SMILES string of the molecule is O=C(NC(Cc1ccc(CCNc2ccccn2)cc1)C(=O)O)c1c(Cl)cccc1Cl. The lowest BCUT2D eigenvalue weighted by atomic mass is 10.0. The average molecular weight is 458 g/mol. The fourth-order valence-electron chi connectivity index (χ4n) is 3.03. The Labute approximate surface area is 190 Å². The fraction of sp³-hybridized carbons (Fsp3) is 0.174. The zero-order chi connectivity index (χ0) is 22.2. The van der Waals surface area contributed by atoms with Crippen molar-refractivity contribution in [2.75, 3.05) is 11.9 Å². The van der Waals surface area contributed by atoms with Gasteiger partial charge in [0.15, 0.2) is 0 Å². The minimum Gasteiger partial charge on any atom is -0.480 e. The molecule has 6 nitrogen and oxygen atoms in total. The molecule has 0 radical (unpaired) electrons. The van der Waals surface area contributed by atoms with E-state index in [2.05, 4.69) is 15.6 Å². The first-order valence-corrected chi connectivity index (χ1v) is 10.4. The van der Waals surface area contributed by atoms with Crippen LogP contribution in [0.5, 0.6) is 0 Å². The molecule has 0 saturated carbocycles. The van der Waals surface area contributed by atoms with Gasteiger partial charge in [-0.25, -0.2) is 9.78 Å². The number of carbonyl (C=O) groups excluding carboxylic acids is 1. The summed E-state index contributed by atoms with van der Waals surface area (Å²) >= 11 is 12.1. The van der Waals surface area contributed by atoms with E-state index in [1.807, 2.05) is 42.5 Å². The van der Waals surface area contributed by atoms with Crippen LogP contribution in [0.4, 0.5) is 5.82 Å². The molecule has 0 saturated heterocycles. The maximum absolute atomic E-state index is 12.5. The van der Waals surface area contributed by atoms with E-state index in [0.717, 1.165) is 29.9 Å². The van der Waals surface area contributed by atoms with Crippen LogP contribution in [0.15, 0.2) is 66.9 Å². The minimum atomic E-state index is -1.14. The molecule has 0 spiro atoms. The number of nitrogens with one attached hydrogen (secondary N) is 2. The second-order valence-electron chi connectivity index (χ2n) is 6.87. The fourth-order valence-corrected chi connectivity index (χ4v) is 3.59. The molecule has 1 atom stereocenters. The number of amides is 1. The lowest BCUT2D eigenvalue weighted by molar-refractivity contribution is -0.139. The van der Waals surface area contributed by atoms with E-state index < -0.39 is 17.9 Å². The van der Waals surface area contributed by atoms with Crippen LogP contribution in [-0.2, 0) is 17.6 Å². The topological polar surface area (TPSA) is 91.3 Å². The van der Waals surface area contributed by atoms with E-state index in [-0.39, 0.29) is 22.0 Å². The van der Waals surface area contributed by atoms with E-state index in [1.54, 1.807) is 12.3 Å². The Morgan fingerprint density at radius 2 is 1.61 bits per heavy atom. The van der Waals surface area contributed by atoms with Crippen LogP contribution in [0.3, 0.4) is 0 Å². The molecular formula is C23H21Cl2N3O3. The van der Waals surface area contributed by atoms with Crippen molar-refractivity contribution in [3.8, 4) is 0 Å². The van der Waals surface area contributed by atoms with Gasteiger partial charge in [0.05, 0.1) is 15.6 Å². The Morgan fingerprint density at radius 3 is 2.23 bits per heavy atom. The lowest BCUT2D eigenvalue weighted by Gasteiger charge is -2.16. The van der Waals surface area contributed by atoms with E-state index in [0.29, 0.717) is 0 Å². The van der Waals surface area contributed by atoms with Gasteiger partial charge in [0.2, 0.25) is 0 Å². The van der Waals surface area contributed by atoms with Gasteiger partial charge in [-0.1, -0.05) is 59.6 Å². The standard InChI is InChI=1S/C23H21Cl2N3O3/c24-17-4-3-5-18(25)21(17)22(29)28-19(23(30)31)14-16-9-7-15(8-10-16)11-13-27-20-6-1-2-12-26-20/h1-10,12,19H,11,13-14H2,(H,26,27)(H,28,29)(H,30,31). The molecule has 0 bridgehead atoms. The summed E-state index contributed by atoms with van der Waals surface area (Å²) in [5, 5.41) is 15.6. The number of benzene rings is 2. The summed E-state index contributed by atoms with van der Waals surface area (Å²) in [6.45, 7) is 0.725. The Morgan fingerprint density at radius 1 is 0.935 bits per heavy atom. The van der Waals surface area contributed by atoms with Crippen molar-refractivity contribution in [1.29, 1.82) is 0 Å². The highest BCUT2D eigenvalue weighted by Gasteiger charge is 2.23. The van der Waals surface area contributed by atoms with Crippen LogP contribution < -0.4 is 10.6 Å². The van der Waals surface area contributed by atoms with Gasteiger partial charge >= 0.3 is 5.97 Å². The first-order valence-electron chi connectivity index (χ1n) is 9.64. The Hall–Kier alpha value is -3.09. The van der Waals surface area contributed by atoms with Gasteiger partial charge in [0.1, 0.15) is 11.9 Å². The Bertz CT molecular complexity index is 1020. The van der Waals surface area contributed by atoms with Crippen molar-refractivity contribution in [2.45, 2.75) is 18.9 Å². The molecule has 1 amide bonds. The predicted molar refractivity (Wildman–Crippen MR) is 122 cm³/mol. The molecule has 3 N–H and O–H groups in total. The molecule has 1 unspecified atom stereocenters. The number of carboxylic acids is 1. The van der Waals surface area contributed by atoms with Gasteiger partial charge in [-0.05, 0) is 41.8 Å². The van der Waals surface area contributed by atoms with E-state index in [1.165, 1.54) is 12.1 Å². The third-order valence-electron chi connectivity index (χ3n) is 4.64. The number of hydrogen-bond acceptors (Lipinski definition) is 4. The van der Waals surface area contributed by atoms with Crippen LogP contribution in [0.1, 0.15) is 21.5 Å². The molecule has 0 aliphatic rings. The number of hydrogen-bond donors (Lipinski definition) is 3. The summed E-state index contributed by atoms with van der Waals surface area (Å²) in [5.74, 6) is -0.946. The van der Waals surface area contributed by atoms with Crippen LogP contribution in [-0.4, -0.2) is 34.6 Å². The average Bonchev–Trinajstić information content (AvgIpc) is 2.75. The van der Waals surface area contributed by atoms with Crippen molar-refractivity contribution in [1.82, 2.24) is 10.3 Å². The maximum Gasteiger partial charge on any atom is 0.326 e. The summed E-state index contributed by atoms with van der Waals surface area (Å²) in [5.41, 5.74) is 1.96. The number of carbonyl (C=O) groups is 2. The molecule has 160 valence electrons. The van der Waals surface area contributed by atoms with Crippen molar-refractivity contribution >= 4 is 40.9 Å². The number of halogens is 2. The van der Waals surface area contributed by atoms with Crippen molar-refractivity contribution in [2.24, 2.45) is 0 Å². The number of nitrogens with zero attached hydrogens (tertiary/aromatic N) is 1. The lowest BCUT2D eigenvalue weighted by Crippen LogP contribution is -2.42. The molecule has 0 fully saturated rings. The van der Waals surface area contributed by atoms with E-state index >= 15 is 0 Å². The van der Waals surface area contributed by atoms with Crippen molar-refractivity contribution < 1.29 is 14.7 Å². The molecule has 1 heterocycles. The summed E-state index contributed by atoms with van der Waals surface area (Å²) in [6.07, 6.45) is 2.66. The van der Waals surface area contributed by atoms with Gasteiger partial charge in [-0.15, -0.1) is 0 Å². The molecule has 0 aliphatic heterocycles. The molecular weight excluding hydrogens is 437 g/mol. The number of aromatic nitrogens is 1. The van der Waals surface area contributed by atoms with Crippen molar-refractivity contribution in [3.63, 3.8) is 0 Å². The number of aliphatic carboxylic acids is 1. The molecule has 8 heteroatoms. The highest BCUT2D eigenvalue weighted by molar-refractivity contribution is 6.39. The van der Waals surface area contributed by atoms with Gasteiger partial charge in [-0.2, -0.15) is 0 Å². The van der Waals surface area contributed by atoms with Gasteiger partial charge < -0.3 is 15.7 Å². The number of carboxylic acid groups (broad SMARTS) is 1. The molecule has 3 aromatic rings. The second-order valence-corrected chi connectivity index (χ2v) is 7.69. The summed E-state index contributed by atoms with van der Waals surface area (Å²) in [6, 6.07) is 16.9. The molecule has 31 heavy (non-hydrogen) atoms. The zero-order valence-corrected chi connectivity index (χ0v) is 18.0. The van der Waals surface area contributed by atoms with Crippen LogP contribution in [0, 0.1) is 0 Å². The second kappa shape index (κ2) is 10.8. The molecule has 2 aromatic carbocycles. The Kier molecular flexibility index (Phi) is 7.87. The largest absolute Gasteiger partial charge is 0.480 e. The van der Waals surface area contributed by atoms with Crippen LogP contribution in [0.2, 0.25) is 10.0 Å². The molecule has 0 aliphatic carbocycles. The smallest absolute Gasteiger partial charge is 0.326 e. The summed E-state index contributed by atoms with van der Waals surface area (Å²) in [7, 11) is 0. The third-order valence-corrected chi connectivity index (χ3v) is 5.27. The third kappa shape index (κ3) is 6.44. The van der Waals surface area contributed by atoms with Gasteiger partial charge in [-0.3, -0.25) is 4.79 Å². The number of rotatable bonds is 9. The highest BCUT2D eigenvalue weighted by Crippen LogP contribution is 2.24. The quantitative estimate of drug-likeness (QED) is 0.440. The van der Waals surface area contributed by atoms with E-state index in [9.17, 15) is 14.7 Å². The van der Waals surface area contributed by atoms with E-state index in [4.69, 9.17) is 23.2 Å². The highest BCUT2D eigenvalue weighted by atomic mass is 35.5. The molecule has 1 aromatic heterocycles.